The Balaban J connectivity index is 1.66. The molecule has 0 fully saturated rings. The molecule has 2 atom stereocenters. The van der Waals surface area contributed by atoms with Crippen molar-refractivity contribution in [3.05, 3.63) is 70.8 Å². The van der Waals surface area contributed by atoms with E-state index in [4.69, 9.17) is 5.21 Å². The van der Waals surface area contributed by atoms with E-state index >= 15 is 0 Å². The molecule has 0 saturated heterocycles. The Kier molecular flexibility index (Phi) is 8.36. The number of amides is 1. The first-order valence-corrected chi connectivity index (χ1v) is 11.8. The van der Waals surface area contributed by atoms with Crippen LogP contribution in [-0.4, -0.2) is 51.3 Å². The van der Waals surface area contributed by atoms with Gasteiger partial charge in [0.2, 0.25) is 0 Å². The number of nitrogens with zero attached hydrogens (tertiary/aromatic N) is 1. The quantitative estimate of drug-likeness (QED) is 0.257. The van der Waals surface area contributed by atoms with Crippen molar-refractivity contribution in [1.29, 1.82) is 0 Å². The van der Waals surface area contributed by atoms with Crippen LogP contribution >= 0.6 is 0 Å². The molecule has 1 amide bonds. The fourth-order valence-corrected chi connectivity index (χ4v) is 4.51. The van der Waals surface area contributed by atoms with E-state index in [1.807, 2.05) is 30.3 Å². The SMILES string of the molecule is CS(=O)Nc1ccc(CCN(CCO)C2CCc3cc(/C=C/C(=O)NO)ccc32)cc1. The Morgan fingerprint density at radius 1 is 1.23 bits per heavy atom. The third-order valence-corrected chi connectivity index (χ3v) is 6.00. The Morgan fingerprint density at radius 3 is 2.68 bits per heavy atom. The molecule has 2 unspecified atom stereocenters. The van der Waals surface area contributed by atoms with Crippen molar-refractivity contribution in [3.63, 3.8) is 0 Å². The molecule has 2 aromatic rings. The number of nitrogens with one attached hydrogen (secondary N) is 2. The van der Waals surface area contributed by atoms with E-state index in [1.165, 1.54) is 22.8 Å². The maximum atomic E-state index is 11.3. The summed E-state index contributed by atoms with van der Waals surface area (Å²) in [5.74, 6) is -0.556. The predicted molar refractivity (Wildman–Crippen MR) is 123 cm³/mol. The van der Waals surface area contributed by atoms with Gasteiger partial charge in [-0.1, -0.05) is 30.3 Å². The van der Waals surface area contributed by atoms with Gasteiger partial charge in [-0.05, 0) is 59.7 Å². The van der Waals surface area contributed by atoms with Gasteiger partial charge in [0.1, 0.15) is 11.0 Å². The number of carbonyl (C=O) groups is 1. The number of aliphatic hydroxyl groups excluding tert-OH is 1. The summed E-state index contributed by atoms with van der Waals surface area (Å²) in [5.41, 5.74) is 7.05. The van der Waals surface area contributed by atoms with Crippen LogP contribution in [0.25, 0.3) is 6.08 Å². The standard InChI is InChI=1S/C23H29N3O4S/c1-31(30)25-20-7-2-17(3-8-20)12-13-26(14-15-27)22-10-6-19-16-18(4-9-21(19)22)5-11-23(28)24-29/h2-5,7-9,11,16,22,25,27,29H,6,10,12-15H2,1H3,(H,24,28)/b11-5+. The Morgan fingerprint density at radius 2 is 2.00 bits per heavy atom. The molecule has 7 nitrogen and oxygen atoms in total. The van der Waals surface area contributed by atoms with Crippen LogP contribution in [0.15, 0.2) is 48.5 Å². The van der Waals surface area contributed by atoms with Gasteiger partial charge in [-0.2, -0.15) is 0 Å². The fraction of sp³-hybridized carbons (Fsp3) is 0.348. The van der Waals surface area contributed by atoms with Crippen molar-refractivity contribution in [2.75, 3.05) is 30.7 Å². The summed E-state index contributed by atoms with van der Waals surface area (Å²) in [4.78, 5) is 13.5. The zero-order valence-electron chi connectivity index (χ0n) is 17.6. The maximum Gasteiger partial charge on any atom is 0.267 e. The number of benzene rings is 2. The summed E-state index contributed by atoms with van der Waals surface area (Å²) in [6.07, 6.45) is 7.38. The number of rotatable bonds is 10. The van der Waals surface area contributed by atoms with Crippen molar-refractivity contribution >= 4 is 28.7 Å². The molecule has 3 rings (SSSR count). The molecule has 2 aromatic carbocycles. The normalized spacial score (nSPS) is 16.5. The zero-order chi connectivity index (χ0) is 22.2. The number of fused-ring (bicyclic) bond motifs is 1. The number of aliphatic hydroxyl groups is 1. The van der Waals surface area contributed by atoms with Gasteiger partial charge in [0.25, 0.3) is 5.91 Å². The second-order valence-electron chi connectivity index (χ2n) is 7.58. The molecular formula is C23H29N3O4S. The van der Waals surface area contributed by atoms with Crippen LogP contribution < -0.4 is 10.2 Å². The van der Waals surface area contributed by atoms with Crippen LogP contribution in [0.2, 0.25) is 0 Å². The first kappa shape index (κ1) is 23.1. The molecule has 0 bridgehead atoms. The lowest BCUT2D eigenvalue weighted by molar-refractivity contribution is -0.124. The molecule has 31 heavy (non-hydrogen) atoms. The van der Waals surface area contributed by atoms with Crippen molar-refractivity contribution in [3.8, 4) is 0 Å². The van der Waals surface area contributed by atoms with Crippen LogP contribution in [0.3, 0.4) is 0 Å². The first-order chi connectivity index (χ1) is 15.0. The number of carbonyl (C=O) groups excluding carboxylic acids is 1. The lowest BCUT2D eigenvalue weighted by atomic mass is 10.0. The average Bonchev–Trinajstić information content (AvgIpc) is 3.18. The highest BCUT2D eigenvalue weighted by atomic mass is 32.2. The topological polar surface area (TPSA) is 102 Å². The highest BCUT2D eigenvalue weighted by Crippen LogP contribution is 2.36. The molecule has 4 N–H and O–H groups in total. The minimum atomic E-state index is -1.09. The zero-order valence-corrected chi connectivity index (χ0v) is 18.4. The van der Waals surface area contributed by atoms with Gasteiger partial charge in [0.15, 0.2) is 0 Å². The van der Waals surface area contributed by atoms with E-state index in [0.29, 0.717) is 6.54 Å². The summed E-state index contributed by atoms with van der Waals surface area (Å²) in [6, 6.07) is 14.3. The van der Waals surface area contributed by atoms with Crippen molar-refractivity contribution in [2.45, 2.75) is 25.3 Å². The van der Waals surface area contributed by atoms with Gasteiger partial charge >= 0.3 is 0 Å². The Hall–Kier alpha value is -2.52. The van der Waals surface area contributed by atoms with Gasteiger partial charge in [-0.25, -0.2) is 9.69 Å². The Labute approximate surface area is 185 Å². The predicted octanol–water partition coefficient (Wildman–Crippen LogP) is 2.43. The number of hydrogen-bond acceptors (Lipinski definition) is 5. The molecule has 0 spiro atoms. The third kappa shape index (κ3) is 6.48. The van der Waals surface area contributed by atoms with E-state index in [0.717, 1.165) is 37.1 Å². The van der Waals surface area contributed by atoms with Gasteiger partial charge < -0.3 is 9.83 Å². The summed E-state index contributed by atoms with van der Waals surface area (Å²) in [5, 5.41) is 18.2. The number of aryl methyl sites for hydroxylation is 1. The largest absolute Gasteiger partial charge is 0.395 e. The molecule has 0 aliphatic heterocycles. The van der Waals surface area contributed by atoms with Gasteiger partial charge in [-0.3, -0.25) is 14.9 Å². The minimum absolute atomic E-state index is 0.105. The van der Waals surface area contributed by atoms with Gasteiger partial charge in [0, 0.05) is 37.2 Å². The summed E-state index contributed by atoms with van der Waals surface area (Å²) in [6.45, 7) is 1.54. The maximum absolute atomic E-state index is 11.3. The third-order valence-electron chi connectivity index (χ3n) is 5.48. The lowest BCUT2D eigenvalue weighted by Crippen LogP contribution is -2.32. The average molecular weight is 444 g/mol. The molecule has 0 heterocycles. The summed E-state index contributed by atoms with van der Waals surface area (Å²) in [7, 11) is -1.09. The van der Waals surface area contributed by atoms with Crippen LogP contribution in [0.5, 0.6) is 0 Å². The second-order valence-corrected chi connectivity index (χ2v) is 8.70. The van der Waals surface area contributed by atoms with Crippen LogP contribution in [0.1, 0.15) is 34.7 Å². The molecule has 0 aromatic heterocycles. The molecule has 0 radical (unpaired) electrons. The van der Waals surface area contributed by atoms with Crippen molar-refractivity contribution in [1.82, 2.24) is 10.4 Å². The molecule has 8 heteroatoms. The van der Waals surface area contributed by atoms with E-state index in [-0.39, 0.29) is 12.6 Å². The van der Waals surface area contributed by atoms with E-state index < -0.39 is 16.9 Å². The molecule has 1 aliphatic carbocycles. The van der Waals surface area contributed by atoms with Gasteiger partial charge in [0.05, 0.1) is 6.61 Å². The smallest absolute Gasteiger partial charge is 0.267 e. The second kappa shape index (κ2) is 11.2. The van der Waals surface area contributed by atoms with Crippen LogP contribution in [0, 0.1) is 0 Å². The Bertz CT molecular complexity index is 946. The lowest BCUT2D eigenvalue weighted by Gasteiger charge is -2.29. The fourth-order valence-electron chi connectivity index (χ4n) is 4.04. The van der Waals surface area contributed by atoms with Gasteiger partial charge in [-0.15, -0.1) is 0 Å². The van der Waals surface area contributed by atoms with E-state index in [2.05, 4.69) is 21.8 Å². The molecule has 0 saturated carbocycles. The first-order valence-electron chi connectivity index (χ1n) is 10.3. The van der Waals surface area contributed by atoms with Crippen LogP contribution in [-0.2, 0) is 28.6 Å². The van der Waals surface area contributed by atoms with Crippen molar-refractivity contribution < 1.29 is 19.3 Å². The van der Waals surface area contributed by atoms with E-state index in [9.17, 15) is 14.1 Å². The molecular weight excluding hydrogens is 414 g/mol. The molecule has 166 valence electrons. The highest BCUT2D eigenvalue weighted by Gasteiger charge is 2.27. The van der Waals surface area contributed by atoms with E-state index in [1.54, 1.807) is 17.8 Å². The molecule has 1 aliphatic rings. The monoisotopic (exact) mass is 443 g/mol. The van der Waals surface area contributed by atoms with Crippen LogP contribution in [0.4, 0.5) is 5.69 Å². The number of anilines is 1. The minimum Gasteiger partial charge on any atom is -0.395 e. The number of hydrogen-bond donors (Lipinski definition) is 4. The summed E-state index contributed by atoms with van der Waals surface area (Å²) < 4.78 is 14.2. The summed E-state index contributed by atoms with van der Waals surface area (Å²) >= 11 is 0. The number of hydroxylamine groups is 1. The highest BCUT2D eigenvalue weighted by molar-refractivity contribution is 7.85. The van der Waals surface area contributed by atoms with Crippen molar-refractivity contribution in [2.24, 2.45) is 0 Å².